The monoisotopic (exact) mass is 315 g/mol. The Kier molecular flexibility index (Phi) is 5.18. The van der Waals surface area contributed by atoms with Gasteiger partial charge in [0.25, 0.3) is 0 Å². The lowest BCUT2D eigenvalue weighted by atomic mass is 10.2. The molecule has 1 aromatic carbocycles. The minimum atomic E-state index is -3.64. The van der Waals surface area contributed by atoms with Crippen LogP contribution in [0, 0.1) is 12.7 Å². The maximum Gasteiger partial charge on any atom is 0.240 e. The maximum absolute atomic E-state index is 13.3. The van der Waals surface area contributed by atoms with Gasteiger partial charge in [0.15, 0.2) is 0 Å². The average Bonchev–Trinajstić information content (AvgIpc) is 2.92. The molecular weight excluding hydrogens is 293 g/mol. The van der Waals surface area contributed by atoms with Crippen LogP contribution in [-0.4, -0.2) is 39.5 Å². The van der Waals surface area contributed by atoms with Crippen LogP contribution in [0.2, 0.25) is 0 Å². The molecule has 3 N–H and O–H groups in total. The zero-order valence-corrected chi connectivity index (χ0v) is 13.0. The van der Waals surface area contributed by atoms with Crippen LogP contribution < -0.4 is 10.5 Å². The molecule has 0 saturated carbocycles. The number of anilines is 1. The number of hydrogen-bond donors (Lipinski definition) is 2. The number of benzene rings is 1. The second-order valence-corrected chi connectivity index (χ2v) is 7.17. The van der Waals surface area contributed by atoms with Gasteiger partial charge < -0.3 is 10.6 Å². The quantitative estimate of drug-likeness (QED) is 0.616. The summed E-state index contributed by atoms with van der Waals surface area (Å²) in [5.74, 6) is -0.597. The van der Waals surface area contributed by atoms with E-state index in [9.17, 15) is 12.8 Å². The molecule has 0 atom stereocenters. The van der Waals surface area contributed by atoms with E-state index in [1.54, 1.807) is 6.92 Å². The molecular formula is C14H22FN3O2S. The van der Waals surface area contributed by atoms with Gasteiger partial charge >= 0.3 is 0 Å². The Morgan fingerprint density at radius 1 is 1.33 bits per heavy atom. The Morgan fingerprint density at radius 2 is 2.00 bits per heavy atom. The van der Waals surface area contributed by atoms with Crippen molar-refractivity contribution >= 4 is 15.7 Å². The predicted octanol–water partition coefficient (Wildman–Crippen LogP) is 1.48. The number of nitrogen functional groups attached to an aromatic ring is 1. The van der Waals surface area contributed by atoms with Gasteiger partial charge in [0.05, 0.1) is 10.6 Å². The topological polar surface area (TPSA) is 75.4 Å². The maximum atomic E-state index is 13.3. The summed E-state index contributed by atoms with van der Waals surface area (Å²) in [5, 5.41) is 0. The Balaban J connectivity index is 1.93. The second-order valence-electron chi connectivity index (χ2n) is 5.44. The highest BCUT2D eigenvalue weighted by atomic mass is 32.2. The highest BCUT2D eigenvalue weighted by Crippen LogP contribution is 2.21. The van der Waals surface area contributed by atoms with Crippen LogP contribution >= 0.6 is 0 Å². The van der Waals surface area contributed by atoms with Crippen molar-refractivity contribution in [1.29, 1.82) is 0 Å². The first-order chi connectivity index (χ1) is 9.90. The average molecular weight is 315 g/mol. The smallest absolute Gasteiger partial charge is 0.240 e. The lowest BCUT2D eigenvalue weighted by molar-refractivity contribution is 0.334. The number of halogens is 1. The van der Waals surface area contributed by atoms with Crippen molar-refractivity contribution in [2.45, 2.75) is 31.1 Å². The number of nitrogens with two attached hydrogens (primary N) is 1. The van der Waals surface area contributed by atoms with Crippen LogP contribution in [0.5, 0.6) is 0 Å². The van der Waals surface area contributed by atoms with Gasteiger partial charge in [-0.15, -0.1) is 0 Å². The normalized spacial score (nSPS) is 16.5. The third-order valence-electron chi connectivity index (χ3n) is 3.73. The summed E-state index contributed by atoms with van der Waals surface area (Å²) in [5.41, 5.74) is 5.65. The van der Waals surface area contributed by atoms with E-state index in [0.29, 0.717) is 12.1 Å². The van der Waals surface area contributed by atoms with Gasteiger partial charge in [0, 0.05) is 6.54 Å². The minimum Gasteiger partial charge on any atom is -0.396 e. The second kappa shape index (κ2) is 6.72. The van der Waals surface area contributed by atoms with E-state index in [-0.39, 0.29) is 10.6 Å². The lowest BCUT2D eigenvalue weighted by Gasteiger charge is -2.15. The van der Waals surface area contributed by atoms with Gasteiger partial charge in [0.1, 0.15) is 5.82 Å². The molecule has 0 aromatic heterocycles. The number of nitrogens with zero attached hydrogens (tertiary/aromatic N) is 1. The molecule has 0 bridgehead atoms. The van der Waals surface area contributed by atoms with Crippen LogP contribution in [0.4, 0.5) is 10.1 Å². The number of likely N-dealkylation sites (tertiary alicyclic amines) is 1. The molecule has 1 aliphatic heterocycles. The van der Waals surface area contributed by atoms with Gasteiger partial charge in [-0.1, -0.05) is 0 Å². The molecule has 0 radical (unpaired) electrons. The molecule has 1 fully saturated rings. The SMILES string of the molecule is Cc1cc(F)c(N)cc1S(=O)(=O)NCCCN1CCCC1. The third-order valence-corrected chi connectivity index (χ3v) is 5.33. The number of nitrogens with one attached hydrogen (secondary N) is 1. The van der Waals surface area contributed by atoms with Gasteiger partial charge in [-0.2, -0.15) is 0 Å². The largest absolute Gasteiger partial charge is 0.396 e. The van der Waals surface area contributed by atoms with Gasteiger partial charge in [0.2, 0.25) is 10.0 Å². The van der Waals surface area contributed by atoms with Crippen LogP contribution in [0.15, 0.2) is 17.0 Å². The van der Waals surface area contributed by atoms with Crippen molar-refractivity contribution in [3.63, 3.8) is 0 Å². The Morgan fingerprint density at radius 3 is 2.67 bits per heavy atom. The van der Waals surface area contributed by atoms with Gasteiger partial charge in [-0.25, -0.2) is 17.5 Å². The summed E-state index contributed by atoms with van der Waals surface area (Å²) in [6, 6.07) is 2.32. The van der Waals surface area contributed by atoms with E-state index in [0.717, 1.165) is 32.1 Å². The molecule has 0 unspecified atom stereocenters. The summed E-state index contributed by atoms with van der Waals surface area (Å²) in [4.78, 5) is 2.37. The van der Waals surface area contributed by atoms with E-state index >= 15 is 0 Å². The van der Waals surface area contributed by atoms with E-state index in [4.69, 9.17) is 5.73 Å². The molecule has 7 heteroatoms. The number of aryl methyl sites for hydroxylation is 1. The number of hydrogen-bond acceptors (Lipinski definition) is 4. The Labute approximate surface area is 125 Å². The predicted molar refractivity (Wildman–Crippen MR) is 81.0 cm³/mol. The van der Waals surface area contributed by atoms with Crippen molar-refractivity contribution in [2.24, 2.45) is 0 Å². The zero-order valence-electron chi connectivity index (χ0n) is 12.2. The molecule has 21 heavy (non-hydrogen) atoms. The van der Waals surface area contributed by atoms with Crippen molar-refractivity contribution in [3.8, 4) is 0 Å². The molecule has 1 aliphatic rings. The van der Waals surface area contributed by atoms with Crippen LogP contribution in [0.25, 0.3) is 0 Å². The first-order valence-electron chi connectivity index (χ1n) is 7.18. The minimum absolute atomic E-state index is 0.0440. The van der Waals surface area contributed by atoms with Gasteiger partial charge in [-0.3, -0.25) is 0 Å². The van der Waals surface area contributed by atoms with Crippen molar-refractivity contribution in [1.82, 2.24) is 9.62 Å². The number of rotatable bonds is 6. The Hall–Kier alpha value is -1.18. The summed E-state index contributed by atoms with van der Waals surface area (Å²) in [7, 11) is -3.64. The number of sulfonamides is 1. The van der Waals surface area contributed by atoms with E-state index in [1.807, 2.05) is 0 Å². The van der Waals surface area contributed by atoms with Crippen molar-refractivity contribution in [3.05, 3.63) is 23.5 Å². The molecule has 0 amide bonds. The van der Waals surface area contributed by atoms with E-state index in [1.165, 1.54) is 18.9 Å². The van der Waals surface area contributed by atoms with Crippen molar-refractivity contribution < 1.29 is 12.8 Å². The first-order valence-corrected chi connectivity index (χ1v) is 8.66. The fourth-order valence-electron chi connectivity index (χ4n) is 2.55. The lowest BCUT2D eigenvalue weighted by Crippen LogP contribution is -2.29. The van der Waals surface area contributed by atoms with Gasteiger partial charge in [-0.05, 0) is 63.5 Å². The highest BCUT2D eigenvalue weighted by Gasteiger charge is 2.18. The molecule has 1 heterocycles. The third kappa shape index (κ3) is 4.15. The molecule has 0 spiro atoms. The Bertz CT molecular complexity index is 598. The summed E-state index contributed by atoms with van der Waals surface area (Å²) >= 11 is 0. The molecule has 2 rings (SSSR count). The molecule has 0 aliphatic carbocycles. The van der Waals surface area contributed by atoms with Crippen LogP contribution in [0.1, 0.15) is 24.8 Å². The summed E-state index contributed by atoms with van der Waals surface area (Å²) < 4.78 is 40.3. The molecule has 1 saturated heterocycles. The molecule has 118 valence electrons. The van der Waals surface area contributed by atoms with Crippen LogP contribution in [0.3, 0.4) is 0 Å². The first kappa shape index (κ1) is 16.2. The zero-order chi connectivity index (χ0) is 15.5. The highest BCUT2D eigenvalue weighted by molar-refractivity contribution is 7.89. The fraction of sp³-hybridized carbons (Fsp3) is 0.571. The standard InChI is InChI=1S/C14H22FN3O2S/c1-11-9-12(15)13(16)10-14(11)21(19,20)17-5-4-8-18-6-2-3-7-18/h9-10,17H,2-8,16H2,1H3. The molecule has 1 aromatic rings. The summed E-state index contributed by atoms with van der Waals surface area (Å²) in [6.07, 6.45) is 3.20. The molecule has 5 nitrogen and oxygen atoms in total. The fourth-order valence-corrected chi connectivity index (χ4v) is 3.88. The van der Waals surface area contributed by atoms with Crippen LogP contribution in [-0.2, 0) is 10.0 Å². The van der Waals surface area contributed by atoms with E-state index < -0.39 is 15.8 Å². The summed E-state index contributed by atoms with van der Waals surface area (Å²) in [6.45, 7) is 5.02. The van der Waals surface area contributed by atoms with Crippen molar-refractivity contribution in [2.75, 3.05) is 31.9 Å². The van der Waals surface area contributed by atoms with E-state index in [2.05, 4.69) is 9.62 Å².